The first-order valence-corrected chi connectivity index (χ1v) is 8.68. The van der Waals surface area contributed by atoms with Crippen LogP contribution in [0.15, 0.2) is 24.3 Å². The molecule has 1 aromatic carbocycles. The summed E-state index contributed by atoms with van der Waals surface area (Å²) in [4.78, 5) is 9.22. The minimum atomic E-state index is 0.335. The van der Waals surface area contributed by atoms with Crippen molar-refractivity contribution in [2.24, 2.45) is 0 Å². The summed E-state index contributed by atoms with van der Waals surface area (Å²) >= 11 is 12.0. The lowest BCUT2D eigenvalue weighted by molar-refractivity contribution is 0.750. The third-order valence-electron chi connectivity index (χ3n) is 3.92. The van der Waals surface area contributed by atoms with Crippen LogP contribution in [-0.4, -0.2) is 16.0 Å². The van der Waals surface area contributed by atoms with Gasteiger partial charge in [-0.15, -0.1) is 0 Å². The Balaban J connectivity index is 1.86. The van der Waals surface area contributed by atoms with Gasteiger partial charge in [-0.05, 0) is 44.4 Å². The SMILES string of the molecule is CC[C@H](C)Nc1nc(Nc2ccc(Cl)c(Cl)c2)cc(C2CC2)n1. The van der Waals surface area contributed by atoms with Crippen molar-refractivity contribution in [1.82, 2.24) is 9.97 Å². The quantitative estimate of drug-likeness (QED) is 0.710. The zero-order chi connectivity index (χ0) is 16.4. The van der Waals surface area contributed by atoms with E-state index in [1.54, 1.807) is 12.1 Å². The van der Waals surface area contributed by atoms with Crippen LogP contribution < -0.4 is 10.6 Å². The fourth-order valence-corrected chi connectivity index (χ4v) is 2.53. The van der Waals surface area contributed by atoms with Crippen LogP contribution in [-0.2, 0) is 0 Å². The van der Waals surface area contributed by atoms with Gasteiger partial charge in [0.1, 0.15) is 5.82 Å². The number of benzene rings is 1. The molecule has 0 unspecified atom stereocenters. The summed E-state index contributed by atoms with van der Waals surface area (Å²) in [5.41, 5.74) is 1.95. The highest BCUT2D eigenvalue weighted by molar-refractivity contribution is 6.42. The van der Waals surface area contributed by atoms with Crippen molar-refractivity contribution >= 4 is 40.7 Å². The van der Waals surface area contributed by atoms with E-state index in [1.165, 1.54) is 12.8 Å². The molecule has 23 heavy (non-hydrogen) atoms. The fraction of sp³-hybridized carbons (Fsp3) is 0.412. The van der Waals surface area contributed by atoms with E-state index in [0.29, 0.717) is 28.0 Å². The maximum Gasteiger partial charge on any atom is 0.225 e. The molecule has 0 spiro atoms. The summed E-state index contributed by atoms with van der Waals surface area (Å²) in [6.07, 6.45) is 3.42. The predicted molar refractivity (Wildman–Crippen MR) is 97.1 cm³/mol. The lowest BCUT2D eigenvalue weighted by Crippen LogP contribution is -2.16. The minimum absolute atomic E-state index is 0.335. The minimum Gasteiger partial charge on any atom is -0.352 e. The summed E-state index contributed by atoms with van der Waals surface area (Å²) in [5, 5.41) is 7.70. The van der Waals surface area contributed by atoms with Crippen LogP contribution >= 0.6 is 23.2 Å². The number of hydrogen-bond donors (Lipinski definition) is 2. The maximum absolute atomic E-state index is 6.07. The molecule has 2 aromatic rings. The maximum atomic E-state index is 6.07. The smallest absolute Gasteiger partial charge is 0.225 e. The molecule has 2 N–H and O–H groups in total. The number of rotatable bonds is 6. The molecule has 6 heteroatoms. The van der Waals surface area contributed by atoms with Gasteiger partial charge in [0.15, 0.2) is 0 Å². The number of halogens is 2. The standard InChI is InChI=1S/C17H20Cl2N4/c1-3-10(2)20-17-22-15(11-4-5-11)9-16(23-17)21-12-6-7-13(18)14(19)8-12/h6-11H,3-5H2,1-2H3,(H2,20,21,22,23)/t10-/m0/s1. The van der Waals surface area contributed by atoms with Crippen molar-refractivity contribution in [3.05, 3.63) is 40.0 Å². The zero-order valence-corrected chi connectivity index (χ0v) is 14.7. The van der Waals surface area contributed by atoms with E-state index in [1.807, 2.05) is 12.1 Å². The first-order valence-electron chi connectivity index (χ1n) is 7.92. The van der Waals surface area contributed by atoms with Gasteiger partial charge in [-0.3, -0.25) is 0 Å². The Labute approximate surface area is 146 Å². The molecule has 3 rings (SSSR count). The van der Waals surface area contributed by atoms with Crippen LogP contribution in [0.5, 0.6) is 0 Å². The van der Waals surface area contributed by atoms with Crippen LogP contribution in [0, 0.1) is 0 Å². The molecule has 0 aliphatic heterocycles. The van der Waals surface area contributed by atoms with E-state index in [2.05, 4.69) is 34.4 Å². The molecule has 1 aromatic heterocycles. The molecule has 0 bridgehead atoms. The molecule has 4 nitrogen and oxygen atoms in total. The average Bonchev–Trinajstić information content (AvgIpc) is 3.35. The monoisotopic (exact) mass is 350 g/mol. The van der Waals surface area contributed by atoms with E-state index >= 15 is 0 Å². The molecular weight excluding hydrogens is 331 g/mol. The largest absolute Gasteiger partial charge is 0.352 e. The van der Waals surface area contributed by atoms with Crippen molar-refractivity contribution in [2.45, 2.75) is 45.1 Å². The Kier molecular flexibility index (Phi) is 4.93. The Hall–Kier alpha value is -1.52. The molecule has 122 valence electrons. The highest BCUT2D eigenvalue weighted by atomic mass is 35.5. The molecule has 0 saturated heterocycles. The zero-order valence-electron chi connectivity index (χ0n) is 13.2. The molecule has 1 saturated carbocycles. The van der Waals surface area contributed by atoms with Crippen molar-refractivity contribution < 1.29 is 0 Å². The predicted octanol–water partition coefficient (Wildman–Crippen LogP) is 5.61. The van der Waals surface area contributed by atoms with Crippen LogP contribution in [0.4, 0.5) is 17.5 Å². The van der Waals surface area contributed by atoms with Gasteiger partial charge < -0.3 is 10.6 Å². The summed E-state index contributed by atoms with van der Waals surface area (Å²) in [6.45, 7) is 4.26. The Morgan fingerprint density at radius 2 is 1.96 bits per heavy atom. The first-order chi connectivity index (χ1) is 11.0. The second kappa shape index (κ2) is 6.93. The van der Waals surface area contributed by atoms with Gasteiger partial charge in [-0.1, -0.05) is 30.1 Å². The van der Waals surface area contributed by atoms with Crippen LogP contribution in [0.3, 0.4) is 0 Å². The number of hydrogen-bond acceptors (Lipinski definition) is 4. The fourth-order valence-electron chi connectivity index (χ4n) is 2.23. The van der Waals surface area contributed by atoms with Crippen molar-refractivity contribution in [2.75, 3.05) is 10.6 Å². The Morgan fingerprint density at radius 1 is 1.17 bits per heavy atom. The van der Waals surface area contributed by atoms with Gasteiger partial charge in [-0.25, -0.2) is 4.98 Å². The molecule has 1 aliphatic rings. The Bertz CT molecular complexity index is 701. The highest BCUT2D eigenvalue weighted by Crippen LogP contribution is 2.40. The first kappa shape index (κ1) is 16.3. The van der Waals surface area contributed by atoms with E-state index in [0.717, 1.165) is 23.6 Å². The van der Waals surface area contributed by atoms with E-state index < -0.39 is 0 Å². The van der Waals surface area contributed by atoms with Gasteiger partial charge >= 0.3 is 0 Å². The van der Waals surface area contributed by atoms with Crippen LogP contribution in [0.25, 0.3) is 0 Å². The van der Waals surface area contributed by atoms with Gasteiger partial charge in [0.25, 0.3) is 0 Å². The molecular formula is C17H20Cl2N4. The van der Waals surface area contributed by atoms with Gasteiger partial charge in [0, 0.05) is 23.7 Å². The van der Waals surface area contributed by atoms with Crippen LogP contribution in [0.2, 0.25) is 10.0 Å². The van der Waals surface area contributed by atoms with Gasteiger partial charge in [0.2, 0.25) is 5.95 Å². The third-order valence-corrected chi connectivity index (χ3v) is 4.66. The molecule has 1 aliphatic carbocycles. The van der Waals surface area contributed by atoms with Crippen molar-refractivity contribution in [3.8, 4) is 0 Å². The average molecular weight is 351 g/mol. The number of aromatic nitrogens is 2. The van der Waals surface area contributed by atoms with E-state index in [4.69, 9.17) is 23.2 Å². The lowest BCUT2D eigenvalue weighted by Gasteiger charge is -2.14. The highest BCUT2D eigenvalue weighted by Gasteiger charge is 2.26. The second-order valence-electron chi connectivity index (χ2n) is 5.98. The topological polar surface area (TPSA) is 49.8 Å². The summed E-state index contributed by atoms with van der Waals surface area (Å²) < 4.78 is 0. The summed E-state index contributed by atoms with van der Waals surface area (Å²) in [7, 11) is 0. The van der Waals surface area contributed by atoms with Crippen molar-refractivity contribution in [3.63, 3.8) is 0 Å². The number of nitrogens with zero attached hydrogens (tertiary/aromatic N) is 2. The molecule has 1 heterocycles. The summed E-state index contributed by atoms with van der Waals surface area (Å²) in [6, 6.07) is 7.80. The van der Waals surface area contributed by atoms with Gasteiger partial charge in [0.05, 0.1) is 15.7 Å². The molecule has 0 amide bonds. The normalized spacial score (nSPS) is 15.3. The second-order valence-corrected chi connectivity index (χ2v) is 6.80. The van der Waals surface area contributed by atoms with Gasteiger partial charge in [-0.2, -0.15) is 4.98 Å². The van der Waals surface area contributed by atoms with E-state index in [9.17, 15) is 0 Å². The summed E-state index contributed by atoms with van der Waals surface area (Å²) in [5.74, 6) is 2.00. The lowest BCUT2D eigenvalue weighted by atomic mass is 10.2. The molecule has 1 fully saturated rings. The number of nitrogens with one attached hydrogen (secondary N) is 2. The Morgan fingerprint density at radius 3 is 2.61 bits per heavy atom. The van der Waals surface area contributed by atoms with E-state index in [-0.39, 0.29) is 0 Å². The van der Waals surface area contributed by atoms with Crippen molar-refractivity contribution in [1.29, 1.82) is 0 Å². The molecule has 0 radical (unpaired) electrons. The third kappa shape index (κ3) is 4.27. The van der Waals surface area contributed by atoms with Crippen LogP contribution in [0.1, 0.15) is 44.7 Å². The number of anilines is 3. The molecule has 1 atom stereocenters.